The maximum absolute atomic E-state index is 12.2. The highest BCUT2D eigenvalue weighted by Crippen LogP contribution is 2.18. The molecule has 1 saturated heterocycles. The molecule has 3 heterocycles. The van der Waals surface area contributed by atoms with Crippen LogP contribution in [0.4, 0.5) is 5.82 Å². The lowest BCUT2D eigenvalue weighted by atomic mass is 10.1. The van der Waals surface area contributed by atoms with Crippen molar-refractivity contribution in [3.05, 3.63) is 29.5 Å². The summed E-state index contributed by atoms with van der Waals surface area (Å²) in [6, 6.07) is 0. The maximum atomic E-state index is 12.2. The summed E-state index contributed by atoms with van der Waals surface area (Å²) in [5, 5.41) is 15.6. The SMILES string of the molecule is Cc1noc(C)c1Cn1cnc(NC(=O)C2CCN(C#N)C2)c1. The quantitative estimate of drug-likeness (QED) is 0.853. The van der Waals surface area contributed by atoms with E-state index in [0.29, 0.717) is 31.9 Å². The number of hydrogen-bond donors (Lipinski definition) is 1. The highest BCUT2D eigenvalue weighted by molar-refractivity contribution is 5.91. The lowest BCUT2D eigenvalue weighted by Crippen LogP contribution is -2.25. The van der Waals surface area contributed by atoms with E-state index in [-0.39, 0.29) is 11.8 Å². The summed E-state index contributed by atoms with van der Waals surface area (Å²) in [4.78, 5) is 18.0. The Kier molecular flexibility index (Phi) is 4.02. The zero-order valence-corrected chi connectivity index (χ0v) is 13.1. The van der Waals surface area contributed by atoms with Gasteiger partial charge in [-0.3, -0.25) is 4.79 Å². The van der Waals surface area contributed by atoms with Gasteiger partial charge in [-0.1, -0.05) is 5.16 Å². The van der Waals surface area contributed by atoms with E-state index < -0.39 is 0 Å². The molecule has 120 valence electrons. The Morgan fingerprint density at radius 2 is 2.39 bits per heavy atom. The number of likely N-dealkylation sites (tertiary alicyclic amines) is 1. The molecule has 1 unspecified atom stereocenters. The van der Waals surface area contributed by atoms with Crippen molar-refractivity contribution in [1.82, 2.24) is 19.6 Å². The van der Waals surface area contributed by atoms with Crippen molar-refractivity contribution in [3.63, 3.8) is 0 Å². The Balaban J connectivity index is 1.62. The molecule has 8 nitrogen and oxygen atoms in total. The molecule has 0 saturated carbocycles. The molecule has 0 aromatic carbocycles. The number of aryl methyl sites for hydroxylation is 2. The van der Waals surface area contributed by atoms with Gasteiger partial charge in [0.1, 0.15) is 5.76 Å². The average molecular weight is 314 g/mol. The Labute approximate surface area is 133 Å². The first kappa shape index (κ1) is 15.1. The third-order valence-electron chi connectivity index (χ3n) is 4.11. The molecular weight excluding hydrogens is 296 g/mol. The van der Waals surface area contributed by atoms with E-state index in [2.05, 4.69) is 21.7 Å². The van der Waals surface area contributed by atoms with Gasteiger partial charge < -0.3 is 19.3 Å². The van der Waals surface area contributed by atoms with Gasteiger partial charge >= 0.3 is 0 Å². The van der Waals surface area contributed by atoms with Crippen molar-refractivity contribution >= 4 is 11.7 Å². The maximum Gasteiger partial charge on any atom is 0.230 e. The molecule has 1 aliphatic heterocycles. The van der Waals surface area contributed by atoms with Gasteiger partial charge in [-0.25, -0.2) is 4.98 Å². The molecule has 1 fully saturated rings. The first-order chi connectivity index (χ1) is 11.1. The monoisotopic (exact) mass is 314 g/mol. The number of anilines is 1. The number of hydrogen-bond acceptors (Lipinski definition) is 6. The largest absolute Gasteiger partial charge is 0.361 e. The molecule has 1 N–H and O–H groups in total. The van der Waals surface area contributed by atoms with Crippen molar-refractivity contribution in [3.8, 4) is 6.19 Å². The number of nitrogens with zero attached hydrogens (tertiary/aromatic N) is 5. The summed E-state index contributed by atoms with van der Waals surface area (Å²) in [5.41, 5.74) is 1.87. The first-order valence-corrected chi connectivity index (χ1v) is 7.46. The fourth-order valence-electron chi connectivity index (χ4n) is 2.71. The second-order valence-electron chi connectivity index (χ2n) is 5.75. The van der Waals surface area contributed by atoms with Gasteiger partial charge in [-0.05, 0) is 20.3 Å². The van der Waals surface area contributed by atoms with E-state index in [1.165, 1.54) is 0 Å². The molecule has 1 amide bonds. The lowest BCUT2D eigenvalue weighted by Gasteiger charge is -2.08. The Bertz CT molecular complexity index is 737. The van der Waals surface area contributed by atoms with Crippen LogP contribution in [0.25, 0.3) is 0 Å². The van der Waals surface area contributed by atoms with Crippen molar-refractivity contribution in [2.24, 2.45) is 5.92 Å². The fourth-order valence-corrected chi connectivity index (χ4v) is 2.71. The van der Waals surface area contributed by atoms with Crippen LogP contribution in [0.2, 0.25) is 0 Å². The smallest absolute Gasteiger partial charge is 0.230 e. The zero-order chi connectivity index (χ0) is 16.4. The average Bonchev–Trinajstić information content (AvgIpc) is 3.24. The number of carbonyl (C=O) groups is 1. The molecule has 23 heavy (non-hydrogen) atoms. The third-order valence-corrected chi connectivity index (χ3v) is 4.11. The lowest BCUT2D eigenvalue weighted by molar-refractivity contribution is -0.119. The van der Waals surface area contributed by atoms with E-state index in [9.17, 15) is 4.79 Å². The molecule has 0 bridgehead atoms. The van der Waals surface area contributed by atoms with Crippen molar-refractivity contribution in [2.45, 2.75) is 26.8 Å². The van der Waals surface area contributed by atoms with Gasteiger partial charge in [0.25, 0.3) is 0 Å². The number of carbonyl (C=O) groups excluding carboxylic acids is 1. The van der Waals surface area contributed by atoms with Crippen LogP contribution in [-0.2, 0) is 11.3 Å². The first-order valence-electron chi connectivity index (χ1n) is 7.46. The number of nitriles is 1. The second kappa shape index (κ2) is 6.12. The van der Waals surface area contributed by atoms with Crippen LogP contribution in [0, 0.1) is 31.2 Å². The van der Waals surface area contributed by atoms with Crippen molar-refractivity contribution in [2.75, 3.05) is 18.4 Å². The summed E-state index contributed by atoms with van der Waals surface area (Å²) in [7, 11) is 0. The Hall–Kier alpha value is -2.82. The van der Waals surface area contributed by atoms with E-state index >= 15 is 0 Å². The van der Waals surface area contributed by atoms with E-state index in [1.54, 1.807) is 17.4 Å². The number of nitrogens with one attached hydrogen (secondary N) is 1. The van der Waals surface area contributed by atoms with Crippen LogP contribution in [0.5, 0.6) is 0 Å². The molecule has 1 atom stereocenters. The number of imidazole rings is 1. The van der Waals surface area contributed by atoms with Crippen LogP contribution in [0.1, 0.15) is 23.4 Å². The Morgan fingerprint density at radius 3 is 3.04 bits per heavy atom. The predicted octanol–water partition coefficient (Wildman–Crippen LogP) is 1.28. The molecular formula is C15H18N6O2. The summed E-state index contributed by atoms with van der Waals surface area (Å²) < 4.78 is 7.02. The van der Waals surface area contributed by atoms with Crippen LogP contribution in [-0.4, -0.2) is 38.6 Å². The third kappa shape index (κ3) is 3.18. The van der Waals surface area contributed by atoms with Gasteiger partial charge in [-0.15, -0.1) is 0 Å². The molecule has 0 aliphatic carbocycles. The highest BCUT2D eigenvalue weighted by atomic mass is 16.5. The summed E-state index contributed by atoms with van der Waals surface area (Å²) in [6.45, 7) is 5.47. The molecule has 2 aromatic rings. The van der Waals surface area contributed by atoms with Crippen LogP contribution >= 0.6 is 0 Å². The molecule has 3 rings (SSSR count). The van der Waals surface area contributed by atoms with Gasteiger partial charge in [0.05, 0.1) is 24.5 Å². The number of amides is 1. The second-order valence-corrected chi connectivity index (χ2v) is 5.75. The van der Waals surface area contributed by atoms with Crippen LogP contribution in [0.15, 0.2) is 17.0 Å². The molecule has 0 radical (unpaired) electrons. The highest BCUT2D eigenvalue weighted by Gasteiger charge is 2.28. The van der Waals surface area contributed by atoms with Gasteiger partial charge in [0, 0.05) is 24.8 Å². The number of aromatic nitrogens is 3. The molecule has 1 aliphatic rings. The van der Waals surface area contributed by atoms with Gasteiger partial charge in [0.15, 0.2) is 12.0 Å². The number of rotatable bonds is 4. The van der Waals surface area contributed by atoms with E-state index in [4.69, 9.17) is 9.78 Å². The van der Waals surface area contributed by atoms with Crippen LogP contribution in [0.3, 0.4) is 0 Å². The zero-order valence-electron chi connectivity index (χ0n) is 13.1. The fraction of sp³-hybridized carbons (Fsp3) is 0.467. The van der Waals surface area contributed by atoms with Crippen molar-refractivity contribution < 1.29 is 9.32 Å². The molecule has 8 heteroatoms. The standard InChI is InChI=1S/C15H18N6O2/c1-10-13(11(2)23-19-10)6-21-7-14(17-9-21)18-15(22)12-3-4-20(5-12)8-16/h7,9,12H,3-6H2,1-2H3,(H,18,22). The minimum Gasteiger partial charge on any atom is -0.361 e. The van der Waals surface area contributed by atoms with Crippen LogP contribution < -0.4 is 5.32 Å². The minimum atomic E-state index is -0.164. The van der Waals surface area contributed by atoms with Gasteiger partial charge in [-0.2, -0.15) is 5.26 Å². The molecule has 0 spiro atoms. The molecule has 2 aromatic heterocycles. The summed E-state index contributed by atoms with van der Waals surface area (Å²) in [5.74, 6) is 1.04. The minimum absolute atomic E-state index is 0.0923. The Morgan fingerprint density at radius 1 is 1.57 bits per heavy atom. The topological polar surface area (TPSA) is 100.0 Å². The van der Waals surface area contributed by atoms with Crippen molar-refractivity contribution in [1.29, 1.82) is 5.26 Å². The normalized spacial score (nSPS) is 17.3. The van der Waals surface area contributed by atoms with Gasteiger partial charge in [0.2, 0.25) is 5.91 Å². The van der Waals surface area contributed by atoms with E-state index in [1.807, 2.05) is 18.4 Å². The summed E-state index contributed by atoms with van der Waals surface area (Å²) >= 11 is 0. The predicted molar refractivity (Wildman–Crippen MR) is 81.2 cm³/mol. The van der Waals surface area contributed by atoms with E-state index in [0.717, 1.165) is 17.0 Å². The summed E-state index contributed by atoms with van der Waals surface area (Å²) in [6.07, 6.45) is 6.21.